The van der Waals surface area contributed by atoms with Crippen LogP contribution in [0.15, 0.2) is 12.3 Å². The Balaban J connectivity index is 2.03. The lowest BCUT2D eigenvalue weighted by molar-refractivity contribution is 0.173. The average molecular weight is 162 g/mol. The zero-order valence-electron chi connectivity index (χ0n) is 6.49. The van der Waals surface area contributed by atoms with Gasteiger partial charge in [0.15, 0.2) is 0 Å². The van der Waals surface area contributed by atoms with Crippen LogP contribution in [0.2, 0.25) is 0 Å². The van der Waals surface area contributed by atoms with E-state index in [1.807, 2.05) is 25.7 Å². The number of rotatable bonds is 1. The molecule has 1 saturated carbocycles. The van der Waals surface area contributed by atoms with Crippen LogP contribution in [0.4, 0.5) is 4.79 Å². The predicted octanol–water partition coefficient (Wildman–Crippen LogP) is 1.32. The fourth-order valence-corrected chi connectivity index (χ4v) is 1.19. The Labute approximate surface area is 72.0 Å². The SMILES string of the molecule is C=C1CN([C]2[CH][CH][CH][CH]2)C(=O)O1. The van der Waals surface area contributed by atoms with Crippen LogP contribution >= 0.6 is 0 Å². The number of nitrogens with zero attached hydrogens (tertiary/aromatic N) is 1. The van der Waals surface area contributed by atoms with E-state index in [-0.39, 0.29) is 6.09 Å². The number of cyclic esters (lactones) is 1. The summed E-state index contributed by atoms with van der Waals surface area (Å²) in [6, 6.07) is 0.860. The zero-order valence-corrected chi connectivity index (χ0v) is 6.49. The van der Waals surface area contributed by atoms with Gasteiger partial charge in [-0.2, -0.15) is 0 Å². The van der Waals surface area contributed by atoms with E-state index in [0.717, 1.165) is 6.04 Å². The molecule has 0 atom stereocenters. The first-order chi connectivity index (χ1) is 5.77. The van der Waals surface area contributed by atoms with Crippen LogP contribution in [0, 0.1) is 31.7 Å². The highest BCUT2D eigenvalue weighted by molar-refractivity contribution is 5.75. The van der Waals surface area contributed by atoms with E-state index >= 15 is 0 Å². The maximum absolute atomic E-state index is 11.1. The summed E-state index contributed by atoms with van der Waals surface area (Å²) >= 11 is 0. The molecule has 61 valence electrons. The Hall–Kier alpha value is -0.990. The summed E-state index contributed by atoms with van der Waals surface area (Å²) < 4.78 is 4.79. The molecule has 0 bridgehead atoms. The van der Waals surface area contributed by atoms with Gasteiger partial charge in [-0.1, -0.05) is 6.58 Å². The summed E-state index contributed by atoms with van der Waals surface area (Å²) in [5, 5.41) is 0. The van der Waals surface area contributed by atoms with Crippen molar-refractivity contribution in [3.63, 3.8) is 0 Å². The van der Waals surface area contributed by atoms with E-state index in [1.165, 1.54) is 0 Å². The van der Waals surface area contributed by atoms with Crippen LogP contribution in [0.25, 0.3) is 0 Å². The molecule has 0 aromatic heterocycles. The van der Waals surface area contributed by atoms with Crippen molar-refractivity contribution >= 4 is 6.09 Å². The molecule has 1 amide bonds. The molecular formula is C9H8NO2. The summed E-state index contributed by atoms with van der Waals surface area (Å²) in [6.45, 7) is 4.04. The van der Waals surface area contributed by atoms with Crippen molar-refractivity contribution < 1.29 is 9.53 Å². The van der Waals surface area contributed by atoms with Crippen LogP contribution in [0.1, 0.15) is 0 Å². The number of carbonyl (C=O) groups excluding carboxylic acids is 1. The molecule has 0 unspecified atom stereocenters. The molecule has 2 fully saturated rings. The molecule has 2 aliphatic rings. The molecule has 0 aromatic rings. The van der Waals surface area contributed by atoms with Crippen LogP contribution in [0.5, 0.6) is 0 Å². The summed E-state index contributed by atoms with van der Waals surface area (Å²) in [6.07, 6.45) is 7.14. The highest BCUT2D eigenvalue weighted by Crippen LogP contribution is 2.30. The van der Waals surface area contributed by atoms with Crippen molar-refractivity contribution in [2.75, 3.05) is 6.54 Å². The summed E-state index contributed by atoms with van der Waals surface area (Å²) in [5.41, 5.74) is 0. The molecule has 5 radical (unpaired) electrons. The molecule has 0 aromatic carbocycles. The standard InChI is InChI=1S/C9H8NO2/c1-7-6-10(9(11)12-7)8-4-2-3-5-8/h2-5H,1,6H2. The van der Waals surface area contributed by atoms with Gasteiger partial charge >= 0.3 is 6.09 Å². The van der Waals surface area contributed by atoms with Gasteiger partial charge in [0, 0.05) is 0 Å². The highest BCUT2D eigenvalue weighted by atomic mass is 16.6. The Bertz CT molecular complexity index is 219. The molecule has 1 aliphatic carbocycles. The minimum absolute atomic E-state index is 0.341. The minimum Gasteiger partial charge on any atom is -0.413 e. The molecule has 12 heavy (non-hydrogen) atoms. The van der Waals surface area contributed by atoms with Crippen molar-refractivity contribution in [3.05, 3.63) is 44.1 Å². The van der Waals surface area contributed by atoms with Crippen molar-refractivity contribution in [2.45, 2.75) is 0 Å². The molecule has 3 heteroatoms. The summed E-state index contributed by atoms with van der Waals surface area (Å²) in [5.74, 6) is 0.501. The van der Waals surface area contributed by atoms with Gasteiger partial charge in [0.1, 0.15) is 5.76 Å². The second kappa shape index (κ2) is 2.81. The van der Waals surface area contributed by atoms with Gasteiger partial charge in [-0.15, -0.1) is 0 Å². The number of hydrogen-bond acceptors (Lipinski definition) is 2. The van der Waals surface area contributed by atoms with E-state index in [2.05, 4.69) is 6.58 Å². The van der Waals surface area contributed by atoms with Gasteiger partial charge < -0.3 is 4.74 Å². The van der Waals surface area contributed by atoms with Gasteiger partial charge in [0.25, 0.3) is 0 Å². The van der Waals surface area contributed by atoms with Crippen LogP contribution in [0.3, 0.4) is 0 Å². The second-order valence-electron chi connectivity index (χ2n) is 2.64. The van der Waals surface area contributed by atoms with Gasteiger partial charge in [-0.05, 0) is 25.7 Å². The maximum Gasteiger partial charge on any atom is 0.415 e. The number of hydrogen-bond donors (Lipinski definition) is 0. The fourth-order valence-electron chi connectivity index (χ4n) is 1.19. The van der Waals surface area contributed by atoms with Crippen LogP contribution < -0.4 is 0 Å². The molecule has 1 heterocycles. The van der Waals surface area contributed by atoms with Crippen LogP contribution in [-0.4, -0.2) is 17.5 Å². The molecule has 3 nitrogen and oxygen atoms in total. The largest absolute Gasteiger partial charge is 0.415 e. The first-order valence-electron chi connectivity index (χ1n) is 3.66. The van der Waals surface area contributed by atoms with Crippen molar-refractivity contribution in [2.24, 2.45) is 0 Å². The lowest BCUT2D eigenvalue weighted by atomic mass is 10.2. The molecule has 1 aliphatic heterocycles. The highest BCUT2D eigenvalue weighted by Gasteiger charge is 2.34. The third-order valence-corrected chi connectivity index (χ3v) is 1.74. The molecular weight excluding hydrogens is 154 g/mol. The number of ether oxygens (including phenoxy) is 1. The minimum atomic E-state index is -0.341. The van der Waals surface area contributed by atoms with Gasteiger partial charge in [0.2, 0.25) is 0 Å². The van der Waals surface area contributed by atoms with E-state index in [9.17, 15) is 4.79 Å². The van der Waals surface area contributed by atoms with E-state index in [4.69, 9.17) is 4.74 Å². The van der Waals surface area contributed by atoms with Crippen LogP contribution in [-0.2, 0) is 4.74 Å². The third-order valence-electron chi connectivity index (χ3n) is 1.74. The monoisotopic (exact) mass is 162 g/mol. The smallest absolute Gasteiger partial charge is 0.413 e. The van der Waals surface area contributed by atoms with E-state index in [0.29, 0.717) is 12.3 Å². The van der Waals surface area contributed by atoms with Gasteiger partial charge in [-0.3, -0.25) is 4.90 Å². The molecule has 2 rings (SSSR count). The normalized spacial score (nSPS) is 25.2. The number of carbonyl (C=O) groups is 1. The second-order valence-corrected chi connectivity index (χ2v) is 2.64. The van der Waals surface area contributed by atoms with E-state index in [1.54, 1.807) is 4.90 Å². The number of amides is 1. The average Bonchev–Trinajstić information content (AvgIpc) is 2.58. The summed E-state index contributed by atoms with van der Waals surface area (Å²) in [4.78, 5) is 12.7. The fraction of sp³-hybridized carbons (Fsp3) is 0.111. The Kier molecular flexibility index (Phi) is 1.79. The Morgan fingerprint density at radius 1 is 1.42 bits per heavy atom. The van der Waals surface area contributed by atoms with Crippen molar-refractivity contribution in [3.8, 4) is 0 Å². The first-order valence-corrected chi connectivity index (χ1v) is 3.66. The zero-order chi connectivity index (χ0) is 8.55. The van der Waals surface area contributed by atoms with E-state index < -0.39 is 0 Å². The molecule has 1 saturated heterocycles. The lowest BCUT2D eigenvalue weighted by Gasteiger charge is -2.17. The van der Waals surface area contributed by atoms with Crippen molar-refractivity contribution in [1.29, 1.82) is 0 Å². The molecule has 0 N–H and O–H groups in total. The Morgan fingerprint density at radius 3 is 2.58 bits per heavy atom. The first kappa shape index (κ1) is 7.65. The van der Waals surface area contributed by atoms with Crippen molar-refractivity contribution in [1.82, 2.24) is 4.90 Å². The topological polar surface area (TPSA) is 29.5 Å². The maximum atomic E-state index is 11.1. The van der Waals surface area contributed by atoms with Gasteiger partial charge in [0.05, 0.1) is 12.6 Å². The summed E-state index contributed by atoms with van der Waals surface area (Å²) in [7, 11) is 0. The Morgan fingerprint density at radius 2 is 2.08 bits per heavy atom. The van der Waals surface area contributed by atoms with Gasteiger partial charge in [-0.25, -0.2) is 4.79 Å². The lowest BCUT2D eigenvalue weighted by Crippen LogP contribution is -2.27. The third kappa shape index (κ3) is 1.19. The quantitative estimate of drug-likeness (QED) is 0.581. The predicted molar refractivity (Wildman–Crippen MR) is 42.8 cm³/mol. The molecule has 0 spiro atoms.